The molecule has 7 heteroatoms. The predicted molar refractivity (Wildman–Crippen MR) is 100 cm³/mol. The van der Waals surface area contributed by atoms with Gasteiger partial charge in [-0.15, -0.1) is 0 Å². The van der Waals surface area contributed by atoms with E-state index in [-0.39, 0.29) is 18.1 Å². The van der Waals surface area contributed by atoms with Crippen LogP contribution in [0, 0.1) is 5.82 Å². The zero-order chi connectivity index (χ0) is 17.8. The summed E-state index contributed by atoms with van der Waals surface area (Å²) in [5.41, 5.74) is 1.23. The largest absolute Gasteiger partial charge is 0.369 e. The minimum atomic E-state index is -0.430. The van der Waals surface area contributed by atoms with E-state index in [1.165, 1.54) is 6.07 Å². The summed E-state index contributed by atoms with van der Waals surface area (Å²) in [6, 6.07) is 11.7. The third-order valence-corrected chi connectivity index (χ3v) is 4.89. The van der Waals surface area contributed by atoms with Gasteiger partial charge in [-0.2, -0.15) is 0 Å². The lowest BCUT2D eigenvalue weighted by atomic mass is 10.2. The van der Waals surface area contributed by atoms with Crippen molar-refractivity contribution in [2.45, 2.75) is 0 Å². The van der Waals surface area contributed by atoms with Gasteiger partial charge in [0.2, 0.25) is 5.91 Å². The van der Waals surface area contributed by atoms with Gasteiger partial charge in [-0.25, -0.2) is 4.39 Å². The van der Waals surface area contributed by atoms with E-state index in [9.17, 15) is 9.18 Å². The van der Waals surface area contributed by atoms with E-state index in [0.717, 1.165) is 31.9 Å². The SMILES string of the molecule is O=C(CN1CCN(c2ccc(Cl)c(Cl)c2)CC1)Nc1ccccc1F. The Labute approximate surface area is 156 Å². The van der Waals surface area contributed by atoms with Crippen LogP contribution in [0.3, 0.4) is 0 Å². The molecule has 0 spiro atoms. The van der Waals surface area contributed by atoms with Gasteiger partial charge < -0.3 is 10.2 Å². The highest BCUT2D eigenvalue weighted by Gasteiger charge is 2.20. The number of carbonyl (C=O) groups excluding carboxylic acids is 1. The first kappa shape index (κ1) is 18.0. The number of hydrogen-bond donors (Lipinski definition) is 1. The first-order valence-electron chi connectivity index (χ1n) is 7.99. The topological polar surface area (TPSA) is 35.6 Å². The zero-order valence-corrected chi connectivity index (χ0v) is 15.0. The van der Waals surface area contributed by atoms with Crippen LogP contribution in [0.25, 0.3) is 0 Å². The molecule has 1 aliphatic heterocycles. The molecule has 0 aromatic heterocycles. The molecule has 2 aromatic carbocycles. The van der Waals surface area contributed by atoms with E-state index < -0.39 is 5.82 Å². The number of nitrogens with zero attached hydrogens (tertiary/aromatic N) is 2. The van der Waals surface area contributed by atoms with Crippen LogP contribution in [-0.4, -0.2) is 43.5 Å². The number of piperazine rings is 1. The third kappa shape index (κ3) is 4.63. The van der Waals surface area contributed by atoms with Crippen LogP contribution in [0.15, 0.2) is 42.5 Å². The monoisotopic (exact) mass is 381 g/mol. The van der Waals surface area contributed by atoms with Gasteiger partial charge in [0.15, 0.2) is 0 Å². The normalized spacial score (nSPS) is 15.2. The fraction of sp³-hybridized carbons (Fsp3) is 0.278. The lowest BCUT2D eigenvalue weighted by Gasteiger charge is -2.35. The molecule has 2 aromatic rings. The Balaban J connectivity index is 1.51. The van der Waals surface area contributed by atoms with E-state index >= 15 is 0 Å². The first-order valence-corrected chi connectivity index (χ1v) is 8.75. The molecule has 4 nitrogen and oxygen atoms in total. The van der Waals surface area contributed by atoms with Gasteiger partial charge in [0.1, 0.15) is 5.82 Å². The minimum Gasteiger partial charge on any atom is -0.369 e. The van der Waals surface area contributed by atoms with Crippen molar-refractivity contribution >= 4 is 40.5 Å². The van der Waals surface area contributed by atoms with Gasteiger partial charge >= 0.3 is 0 Å². The quantitative estimate of drug-likeness (QED) is 0.872. The fourth-order valence-electron chi connectivity index (χ4n) is 2.80. The van der Waals surface area contributed by atoms with Crippen LogP contribution < -0.4 is 10.2 Å². The number of amides is 1. The Hall–Kier alpha value is -1.82. The summed E-state index contributed by atoms with van der Waals surface area (Å²) in [6.45, 7) is 3.29. The Morgan fingerprint density at radius 2 is 1.76 bits per heavy atom. The molecule has 0 radical (unpaired) electrons. The van der Waals surface area contributed by atoms with Crippen LogP contribution >= 0.6 is 23.2 Å². The van der Waals surface area contributed by atoms with Crippen molar-refractivity contribution in [3.05, 3.63) is 58.3 Å². The average molecular weight is 382 g/mol. The summed E-state index contributed by atoms with van der Waals surface area (Å²) in [7, 11) is 0. The molecular weight excluding hydrogens is 364 g/mol. The molecule has 0 aliphatic carbocycles. The number of nitrogens with one attached hydrogen (secondary N) is 1. The Bertz CT molecular complexity index is 764. The maximum atomic E-state index is 13.6. The molecule has 132 valence electrons. The van der Waals surface area contributed by atoms with Crippen molar-refractivity contribution in [1.82, 2.24) is 4.90 Å². The number of benzene rings is 2. The number of para-hydroxylation sites is 1. The van der Waals surface area contributed by atoms with Crippen LogP contribution in [-0.2, 0) is 4.79 Å². The molecule has 1 heterocycles. The second kappa shape index (κ2) is 8.04. The van der Waals surface area contributed by atoms with E-state index in [1.807, 2.05) is 17.0 Å². The summed E-state index contributed by atoms with van der Waals surface area (Å²) in [5, 5.41) is 3.68. The summed E-state index contributed by atoms with van der Waals surface area (Å²) in [5.74, 6) is -0.645. The van der Waals surface area contributed by atoms with Crippen LogP contribution in [0.1, 0.15) is 0 Å². The van der Waals surface area contributed by atoms with Gasteiger partial charge in [0.25, 0.3) is 0 Å². The van der Waals surface area contributed by atoms with Crippen molar-refractivity contribution in [3.8, 4) is 0 Å². The summed E-state index contributed by atoms with van der Waals surface area (Å²) in [4.78, 5) is 16.3. The molecule has 0 saturated carbocycles. The highest BCUT2D eigenvalue weighted by Crippen LogP contribution is 2.27. The summed E-state index contributed by atoms with van der Waals surface area (Å²) >= 11 is 12.0. The highest BCUT2D eigenvalue weighted by atomic mass is 35.5. The summed E-state index contributed by atoms with van der Waals surface area (Å²) in [6.07, 6.45) is 0. The van der Waals surface area contributed by atoms with E-state index in [2.05, 4.69) is 10.2 Å². The second-order valence-electron chi connectivity index (χ2n) is 5.89. The molecule has 0 bridgehead atoms. The van der Waals surface area contributed by atoms with Gasteiger partial charge in [-0.1, -0.05) is 35.3 Å². The van der Waals surface area contributed by atoms with Gasteiger partial charge in [0, 0.05) is 31.9 Å². The molecule has 0 atom stereocenters. The van der Waals surface area contributed by atoms with E-state index in [4.69, 9.17) is 23.2 Å². The Morgan fingerprint density at radius 1 is 1.04 bits per heavy atom. The minimum absolute atomic E-state index is 0.210. The third-order valence-electron chi connectivity index (χ3n) is 4.16. The average Bonchev–Trinajstić information content (AvgIpc) is 2.60. The first-order chi connectivity index (χ1) is 12.0. The molecule has 1 fully saturated rings. The van der Waals surface area contributed by atoms with Gasteiger partial charge in [-0.05, 0) is 30.3 Å². The number of halogens is 3. The van der Waals surface area contributed by atoms with Crippen molar-refractivity contribution in [2.24, 2.45) is 0 Å². The van der Waals surface area contributed by atoms with Crippen LogP contribution in [0.4, 0.5) is 15.8 Å². The van der Waals surface area contributed by atoms with Crippen molar-refractivity contribution < 1.29 is 9.18 Å². The van der Waals surface area contributed by atoms with Crippen LogP contribution in [0.2, 0.25) is 10.0 Å². The molecule has 1 N–H and O–H groups in total. The van der Waals surface area contributed by atoms with Gasteiger partial charge in [-0.3, -0.25) is 9.69 Å². The van der Waals surface area contributed by atoms with Crippen LogP contribution in [0.5, 0.6) is 0 Å². The van der Waals surface area contributed by atoms with Crippen molar-refractivity contribution in [3.63, 3.8) is 0 Å². The van der Waals surface area contributed by atoms with Crippen molar-refractivity contribution in [1.29, 1.82) is 0 Å². The Morgan fingerprint density at radius 3 is 2.44 bits per heavy atom. The molecular formula is C18H18Cl2FN3O. The number of carbonyl (C=O) groups is 1. The van der Waals surface area contributed by atoms with Gasteiger partial charge in [0.05, 0.1) is 22.3 Å². The maximum Gasteiger partial charge on any atom is 0.238 e. The number of anilines is 2. The van der Waals surface area contributed by atoms with E-state index in [0.29, 0.717) is 10.0 Å². The lowest BCUT2D eigenvalue weighted by molar-refractivity contribution is -0.117. The highest BCUT2D eigenvalue weighted by molar-refractivity contribution is 6.42. The zero-order valence-electron chi connectivity index (χ0n) is 13.5. The standard InChI is InChI=1S/C18H18Cl2FN3O/c19-14-6-5-13(11-15(14)20)24-9-7-23(8-10-24)12-18(25)22-17-4-2-1-3-16(17)21/h1-6,11H,7-10,12H2,(H,22,25). The smallest absolute Gasteiger partial charge is 0.238 e. The maximum absolute atomic E-state index is 13.6. The summed E-state index contributed by atoms with van der Waals surface area (Å²) < 4.78 is 13.6. The molecule has 3 rings (SSSR count). The molecule has 1 aliphatic rings. The number of hydrogen-bond acceptors (Lipinski definition) is 3. The van der Waals surface area contributed by atoms with Crippen molar-refractivity contribution in [2.75, 3.05) is 42.9 Å². The number of rotatable bonds is 4. The molecule has 1 amide bonds. The second-order valence-corrected chi connectivity index (χ2v) is 6.70. The molecule has 0 unspecified atom stereocenters. The lowest BCUT2D eigenvalue weighted by Crippen LogP contribution is -2.48. The molecule has 25 heavy (non-hydrogen) atoms. The Kier molecular flexibility index (Phi) is 5.78. The fourth-order valence-corrected chi connectivity index (χ4v) is 3.09. The van der Waals surface area contributed by atoms with E-state index in [1.54, 1.807) is 24.3 Å². The predicted octanol–water partition coefficient (Wildman–Crippen LogP) is 3.89. The molecule has 1 saturated heterocycles.